The third-order valence-corrected chi connectivity index (χ3v) is 3.87. The van der Waals surface area contributed by atoms with Crippen LogP contribution in [0.1, 0.15) is 11.3 Å². The maximum atomic E-state index is 5.41. The van der Waals surface area contributed by atoms with Crippen LogP contribution in [-0.2, 0) is 13.1 Å². The van der Waals surface area contributed by atoms with Crippen molar-refractivity contribution >= 4 is 5.96 Å². The number of aromatic nitrogens is 1. The zero-order chi connectivity index (χ0) is 18.2. The van der Waals surface area contributed by atoms with Gasteiger partial charge in [0.1, 0.15) is 11.4 Å². The van der Waals surface area contributed by atoms with Crippen molar-refractivity contribution in [2.24, 2.45) is 4.99 Å². The summed E-state index contributed by atoms with van der Waals surface area (Å²) in [5, 5.41) is 10.6. The molecule has 2 aromatic carbocycles. The third-order valence-electron chi connectivity index (χ3n) is 3.87. The lowest BCUT2D eigenvalue weighted by Crippen LogP contribution is -2.36. The van der Waals surface area contributed by atoms with E-state index in [0.29, 0.717) is 19.0 Å². The van der Waals surface area contributed by atoms with Crippen LogP contribution >= 0.6 is 0 Å². The van der Waals surface area contributed by atoms with Crippen LogP contribution in [0.3, 0.4) is 0 Å². The summed E-state index contributed by atoms with van der Waals surface area (Å²) < 4.78 is 10.6. The Bertz CT molecular complexity index is 859. The minimum atomic E-state index is 0.522. The Morgan fingerprint density at radius 3 is 2.62 bits per heavy atom. The first-order chi connectivity index (χ1) is 12.8. The van der Waals surface area contributed by atoms with E-state index in [0.717, 1.165) is 28.3 Å². The number of guanidine groups is 1. The van der Waals surface area contributed by atoms with E-state index in [-0.39, 0.29) is 0 Å². The Balaban J connectivity index is 1.53. The van der Waals surface area contributed by atoms with Gasteiger partial charge in [0.25, 0.3) is 0 Å². The molecule has 0 saturated heterocycles. The van der Waals surface area contributed by atoms with E-state index < -0.39 is 0 Å². The molecule has 0 bridgehead atoms. The van der Waals surface area contributed by atoms with E-state index in [4.69, 9.17) is 9.26 Å². The molecule has 0 unspecified atom stereocenters. The third kappa shape index (κ3) is 4.63. The quantitative estimate of drug-likeness (QED) is 0.528. The molecule has 26 heavy (non-hydrogen) atoms. The van der Waals surface area contributed by atoms with Gasteiger partial charge in [0.05, 0.1) is 13.7 Å². The van der Waals surface area contributed by atoms with Gasteiger partial charge in [-0.1, -0.05) is 47.6 Å². The summed E-state index contributed by atoms with van der Waals surface area (Å²) >= 11 is 0. The number of ether oxygens (including phenoxy) is 1. The summed E-state index contributed by atoms with van der Waals surface area (Å²) in [6.45, 7) is 1.17. The minimum Gasteiger partial charge on any atom is -0.497 e. The predicted octanol–water partition coefficient (Wildman–Crippen LogP) is 3.22. The van der Waals surface area contributed by atoms with Gasteiger partial charge >= 0.3 is 0 Å². The summed E-state index contributed by atoms with van der Waals surface area (Å²) in [5.74, 6) is 2.28. The van der Waals surface area contributed by atoms with Crippen molar-refractivity contribution in [3.63, 3.8) is 0 Å². The molecule has 1 heterocycles. The Labute approximate surface area is 152 Å². The number of benzene rings is 2. The highest BCUT2D eigenvalue weighted by Gasteiger charge is 2.07. The molecule has 0 atom stereocenters. The topological polar surface area (TPSA) is 71.7 Å². The number of methoxy groups -OCH3 is 1. The highest BCUT2D eigenvalue weighted by molar-refractivity contribution is 5.79. The highest BCUT2D eigenvalue weighted by Crippen LogP contribution is 2.19. The first-order valence-corrected chi connectivity index (χ1v) is 8.37. The van der Waals surface area contributed by atoms with Gasteiger partial charge in [0.15, 0.2) is 11.7 Å². The van der Waals surface area contributed by atoms with Crippen molar-refractivity contribution in [3.05, 3.63) is 71.9 Å². The second kappa shape index (κ2) is 8.71. The fraction of sp³-hybridized carbons (Fsp3) is 0.200. The van der Waals surface area contributed by atoms with Gasteiger partial charge in [0.2, 0.25) is 0 Å². The first-order valence-electron chi connectivity index (χ1n) is 8.37. The van der Waals surface area contributed by atoms with E-state index in [9.17, 15) is 0 Å². The maximum absolute atomic E-state index is 5.41. The molecule has 134 valence electrons. The summed E-state index contributed by atoms with van der Waals surface area (Å²) in [6, 6.07) is 19.7. The van der Waals surface area contributed by atoms with Crippen LogP contribution in [-0.4, -0.2) is 25.3 Å². The molecule has 0 aliphatic rings. The van der Waals surface area contributed by atoms with Crippen molar-refractivity contribution in [1.29, 1.82) is 0 Å². The number of aliphatic imine (C=N–C) groups is 1. The molecule has 6 heteroatoms. The summed E-state index contributed by atoms with van der Waals surface area (Å²) in [6.07, 6.45) is 0. The van der Waals surface area contributed by atoms with Gasteiger partial charge in [-0.05, 0) is 17.7 Å². The van der Waals surface area contributed by atoms with Crippen LogP contribution in [0.2, 0.25) is 0 Å². The van der Waals surface area contributed by atoms with E-state index in [1.807, 2.05) is 60.7 Å². The summed E-state index contributed by atoms with van der Waals surface area (Å²) in [5.41, 5.74) is 2.93. The molecule has 0 spiro atoms. The molecular formula is C20H22N4O2. The number of hydrogen-bond acceptors (Lipinski definition) is 4. The van der Waals surface area contributed by atoms with Crippen molar-refractivity contribution in [2.75, 3.05) is 14.2 Å². The smallest absolute Gasteiger partial charge is 0.191 e. The minimum absolute atomic E-state index is 0.522. The Morgan fingerprint density at radius 1 is 1.04 bits per heavy atom. The van der Waals surface area contributed by atoms with Crippen LogP contribution in [0.15, 0.2) is 70.2 Å². The summed E-state index contributed by atoms with van der Waals surface area (Å²) in [4.78, 5) is 4.23. The van der Waals surface area contributed by atoms with Gasteiger partial charge in [-0.3, -0.25) is 4.99 Å². The molecule has 0 amide bonds. The summed E-state index contributed by atoms with van der Waals surface area (Å²) in [7, 11) is 3.40. The van der Waals surface area contributed by atoms with E-state index >= 15 is 0 Å². The number of nitrogens with one attached hydrogen (secondary N) is 2. The molecule has 0 aliphatic heterocycles. The highest BCUT2D eigenvalue weighted by atomic mass is 16.5. The molecule has 6 nitrogen and oxygen atoms in total. The molecule has 0 fully saturated rings. The standard InChI is InChI=1S/C20H22N4O2/c1-21-20(22-13-15-7-6-10-18(11-15)25-2)23-14-17-12-19(26-24-17)16-8-4-3-5-9-16/h3-12H,13-14H2,1-2H3,(H2,21,22,23). The maximum Gasteiger partial charge on any atom is 0.191 e. The fourth-order valence-corrected chi connectivity index (χ4v) is 2.50. The van der Waals surface area contributed by atoms with Crippen LogP contribution in [0.25, 0.3) is 11.3 Å². The SMILES string of the molecule is CN=C(NCc1cccc(OC)c1)NCc1cc(-c2ccccc2)on1. The average Bonchev–Trinajstić information content (AvgIpc) is 3.18. The van der Waals surface area contributed by atoms with Gasteiger partial charge in [0, 0.05) is 25.2 Å². The number of hydrogen-bond donors (Lipinski definition) is 2. The zero-order valence-corrected chi connectivity index (χ0v) is 14.9. The second-order valence-electron chi connectivity index (χ2n) is 5.68. The fourth-order valence-electron chi connectivity index (χ4n) is 2.50. The van der Waals surface area contributed by atoms with Crippen molar-refractivity contribution in [1.82, 2.24) is 15.8 Å². The van der Waals surface area contributed by atoms with Gasteiger partial charge in [-0.15, -0.1) is 0 Å². The lowest BCUT2D eigenvalue weighted by molar-refractivity contribution is 0.414. The first kappa shape index (κ1) is 17.5. The molecule has 0 radical (unpaired) electrons. The van der Waals surface area contributed by atoms with Crippen LogP contribution in [0.4, 0.5) is 0 Å². The monoisotopic (exact) mass is 350 g/mol. The normalized spacial score (nSPS) is 11.2. The Morgan fingerprint density at radius 2 is 1.85 bits per heavy atom. The average molecular weight is 350 g/mol. The van der Waals surface area contributed by atoms with E-state index in [1.165, 1.54) is 0 Å². The van der Waals surface area contributed by atoms with E-state index in [1.54, 1.807) is 14.2 Å². The molecule has 2 N–H and O–H groups in total. The van der Waals surface area contributed by atoms with Crippen molar-refractivity contribution in [3.8, 4) is 17.1 Å². The van der Waals surface area contributed by atoms with Crippen LogP contribution in [0, 0.1) is 0 Å². The number of nitrogens with zero attached hydrogens (tertiary/aromatic N) is 2. The molecule has 3 aromatic rings. The second-order valence-corrected chi connectivity index (χ2v) is 5.68. The van der Waals surface area contributed by atoms with Gasteiger partial charge in [-0.25, -0.2) is 0 Å². The van der Waals surface area contributed by atoms with Gasteiger partial charge in [-0.2, -0.15) is 0 Å². The molecule has 0 aliphatic carbocycles. The van der Waals surface area contributed by atoms with Crippen LogP contribution in [0.5, 0.6) is 5.75 Å². The predicted molar refractivity (Wildman–Crippen MR) is 102 cm³/mol. The molecular weight excluding hydrogens is 328 g/mol. The van der Waals surface area contributed by atoms with Gasteiger partial charge < -0.3 is 19.9 Å². The Hall–Kier alpha value is -3.28. The van der Waals surface area contributed by atoms with Crippen molar-refractivity contribution < 1.29 is 9.26 Å². The number of rotatable bonds is 6. The largest absolute Gasteiger partial charge is 0.497 e. The molecule has 3 rings (SSSR count). The van der Waals surface area contributed by atoms with Crippen LogP contribution < -0.4 is 15.4 Å². The molecule has 0 saturated carbocycles. The lowest BCUT2D eigenvalue weighted by atomic mass is 10.2. The molecule has 1 aromatic heterocycles. The van der Waals surface area contributed by atoms with Crippen molar-refractivity contribution in [2.45, 2.75) is 13.1 Å². The Kier molecular flexibility index (Phi) is 5.88. The lowest BCUT2D eigenvalue weighted by Gasteiger charge is -2.11. The van der Waals surface area contributed by atoms with E-state index in [2.05, 4.69) is 20.8 Å². The zero-order valence-electron chi connectivity index (χ0n) is 14.9.